The third kappa shape index (κ3) is 6.11. The Balaban J connectivity index is 3.70. The average Bonchev–Trinajstić information content (AvgIpc) is 1.98. The Kier molecular flexibility index (Phi) is 6.24. The van der Waals surface area contributed by atoms with Gasteiger partial charge in [-0.2, -0.15) is 0 Å². The number of hydrogen-bond donors (Lipinski definition) is 0. The van der Waals surface area contributed by atoms with Crippen molar-refractivity contribution < 1.29 is 0 Å². The third-order valence-electron chi connectivity index (χ3n) is 1.39. The van der Waals surface area contributed by atoms with E-state index in [1.165, 1.54) is 11.1 Å². The van der Waals surface area contributed by atoms with Gasteiger partial charge in [-0.15, -0.1) is 0 Å². The van der Waals surface area contributed by atoms with Gasteiger partial charge in [-0.1, -0.05) is 40.2 Å². The smallest absolute Gasteiger partial charge is 0.0157 e. The third-order valence-corrected chi connectivity index (χ3v) is 1.98. The topological polar surface area (TPSA) is 0 Å². The van der Waals surface area contributed by atoms with Gasteiger partial charge in [-0.25, -0.2) is 0 Å². The summed E-state index contributed by atoms with van der Waals surface area (Å²) in [6.07, 6.45) is 6.29. The first kappa shape index (κ1) is 10.7. The normalized spacial score (nSPS) is 11.0. The van der Waals surface area contributed by atoms with Gasteiger partial charge >= 0.3 is 0 Å². The molecule has 0 aromatic carbocycles. The first-order valence-corrected chi connectivity index (χ1v) is 4.67. The molecule has 0 saturated heterocycles. The minimum Gasteiger partial charge on any atom is -0.0988 e. The molecule has 11 heavy (non-hydrogen) atoms. The lowest BCUT2D eigenvalue weighted by Gasteiger charge is -1.96. The second-order valence-corrected chi connectivity index (χ2v) is 3.17. The van der Waals surface area contributed by atoms with Gasteiger partial charge in [-0.3, -0.25) is 0 Å². The standard InChI is InChI=1S/C10H15Br/c1-4-10(8-11)7-5-6-9(2)3/h4,6,8H,1,5,7H2,2-3H3/b10-8-. The van der Waals surface area contributed by atoms with Crippen LogP contribution in [0.1, 0.15) is 26.7 Å². The van der Waals surface area contributed by atoms with Crippen molar-refractivity contribution in [1.82, 2.24) is 0 Å². The molecule has 0 aliphatic heterocycles. The van der Waals surface area contributed by atoms with E-state index < -0.39 is 0 Å². The van der Waals surface area contributed by atoms with Gasteiger partial charge in [0.05, 0.1) is 0 Å². The monoisotopic (exact) mass is 214 g/mol. The Morgan fingerprint density at radius 2 is 2.09 bits per heavy atom. The Labute approximate surface area is 77.8 Å². The van der Waals surface area contributed by atoms with Crippen LogP contribution in [0.15, 0.2) is 34.9 Å². The van der Waals surface area contributed by atoms with Crippen LogP contribution in [0.2, 0.25) is 0 Å². The molecular formula is C10H15Br. The van der Waals surface area contributed by atoms with Gasteiger partial charge in [-0.05, 0) is 37.2 Å². The van der Waals surface area contributed by atoms with E-state index in [9.17, 15) is 0 Å². The van der Waals surface area contributed by atoms with Gasteiger partial charge in [0, 0.05) is 0 Å². The van der Waals surface area contributed by atoms with Crippen molar-refractivity contribution in [3.8, 4) is 0 Å². The molecule has 0 N–H and O–H groups in total. The first-order valence-electron chi connectivity index (χ1n) is 3.75. The van der Waals surface area contributed by atoms with E-state index in [0.29, 0.717) is 0 Å². The summed E-state index contributed by atoms with van der Waals surface area (Å²) >= 11 is 3.29. The summed E-state index contributed by atoms with van der Waals surface area (Å²) in [6.45, 7) is 7.94. The van der Waals surface area contributed by atoms with Gasteiger partial charge in [0.15, 0.2) is 0 Å². The maximum Gasteiger partial charge on any atom is -0.0157 e. The zero-order valence-corrected chi connectivity index (χ0v) is 8.82. The Hall–Kier alpha value is -0.300. The molecule has 0 aromatic rings. The molecule has 0 spiro atoms. The van der Waals surface area contributed by atoms with E-state index >= 15 is 0 Å². The number of halogens is 1. The summed E-state index contributed by atoms with van der Waals surface area (Å²) in [5.41, 5.74) is 2.63. The summed E-state index contributed by atoms with van der Waals surface area (Å²) in [4.78, 5) is 1.93. The van der Waals surface area contributed by atoms with Gasteiger partial charge < -0.3 is 0 Å². The Morgan fingerprint density at radius 3 is 2.45 bits per heavy atom. The molecule has 0 fully saturated rings. The maximum atomic E-state index is 3.71. The van der Waals surface area contributed by atoms with Crippen LogP contribution in [0.5, 0.6) is 0 Å². The molecule has 0 saturated carbocycles. The number of hydrogen-bond acceptors (Lipinski definition) is 0. The van der Waals surface area contributed by atoms with Gasteiger partial charge in [0.2, 0.25) is 0 Å². The summed E-state index contributed by atoms with van der Waals surface area (Å²) in [6, 6.07) is 0. The number of allylic oxidation sites excluding steroid dienone is 4. The second kappa shape index (κ2) is 6.41. The fourth-order valence-electron chi connectivity index (χ4n) is 0.729. The van der Waals surface area contributed by atoms with E-state index in [2.05, 4.69) is 42.4 Å². The quantitative estimate of drug-likeness (QED) is 0.487. The lowest BCUT2D eigenvalue weighted by molar-refractivity contribution is 0.998. The highest BCUT2D eigenvalue weighted by Gasteiger charge is 1.88. The van der Waals surface area contributed by atoms with Crippen LogP contribution in [0.4, 0.5) is 0 Å². The summed E-state index contributed by atoms with van der Waals surface area (Å²) in [5.74, 6) is 0. The highest BCUT2D eigenvalue weighted by atomic mass is 79.9. The van der Waals surface area contributed by atoms with Crippen molar-refractivity contribution >= 4 is 15.9 Å². The van der Waals surface area contributed by atoms with Crippen molar-refractivity contribution in [2.45, 2.75) is 26.7 Å². The summed E-state index contributed by atoms with van der Waals surface area (Å²) < 4.78 is 0. The van der Waals surface area contributed by atoms with Crippen LogP contribution in [0, 0.1) is 0 Å². The molecule has 0 radical (unpaired) electrons. The molecule has 0 atom stereocenters. The van der Waals surface area contributed by atoms with Crippen LogP contribution in [0.3, 0.4) is 0 Å². The molecule has 0 nitrogen and oxygen atoms in total. The first-order chi connectivity index (χ1) is 5.20. The van der Waals surface area contributed by atoms with Crippen molar-refractivity contribution in [2.75, 3.05) is 0 Å². The largest absolute Gasteiger partial charge is 0.0988 e. The van der Waals surface area contributed by atoms with E-state index in [4.69, 9.17) is 0 Å². The zero-order valence-electron chi connectivity index (χ0n) is 7.23. The van der Waals surface area contributed by atoms with Crippen LogP contribution in [0.25, 0.3) is 0 Å². The van der Waals surface area contributed by atoms with Crippen LogP contribution >= 0.6 is 15.9 Å². The van der Waals surface area contributed by atoms with Gasteiger partial charge in [0.1, 0.15) is 0 Å². The lowest BCUT2D eigenvalue weighted by Crippen LogP contribution is -1.75. The fraction of sp³-hybridized carbons (Fsp3) is 0.400. The van der Waals surface area contributed by atoms with E-state index in [0.717, 1.165) is 12.8 Å². The highest BCUT2D eigenvalue weighted by molar-refractivity contribution is 9.11. The van der Waals surface area contributed by atoms with Crippen molar-refractivity contribution in [3.63, 3.8) is 0 Å². The van der Waals surface area contributed by atoms with Crippen molar-refractivity contribution in [2.24, 2.45) is 0 Å². The molecule has 62 valence electrons. The summed E-state index contributed by atoms with van der Waals surface area (Å²) in [7, 11) is 0. The van der Waals surface area contributed by atoms with E-state index in [-0.39, 0.29) is 0 Å². The molecule has 0 amide bonds. The lowest BCUT2D eigenvalue weighted by atomic mass is 10.1. The second-order valence-electron chi connectivity index (χ2n) is 2.71. The van der Waals surface area contributed by atoms with Crippen molar-refractivity contribution in [3.05, 3.63) is 34.9 Å². The minimum absolute atomic E-state index is 1.07. The Bertz CT molecular complexity index is 171. The maximum absolute atomic E-state index is 3.71. The molecule has 0 rings (SSSR count). The highest BCUT2D eigenvalue weighted by Crippen LogP contribution is 2.09. The predicted octanol–water partition coefficient (Wildman–Crippen LogP) is 4.20. The molecule has 0 aliphatic rings. The minimum atomic E-state index is 1.07. The molecule has 0 unspecified atom stereocenters. The van der Waals surface area contributed by atoms with Crippen LogP contribution in [-0.4, -0.2) is 0 Å². The van der Waals surface area contributed by atoms with Gasteiger partial charge in [0.25, 0.3) is 0 Å². The molecule has 0 aromatic heterocycles. The molecule has 0 heterocycles. The van der Waals surface area contributed by atoms with E-state index in [1.54, 1.807) is 0 Å². The van der Waals surface area contributed by atoms with Crippen molar-refractivity contribution in [1.29, 1.82) is 0 Å². The summed E-state index contributed by atoms with van der Waals surface area (Å²) in [5, 5.41) is 0. The van der Waals surface area contributed by atoms with Crippen LogP contribution < -0.4 is 0 Å². The fourth-order valence-corrected chi connectivity index (χ4v) is 1.14. The van der Waals surface area contributed by atoms with Crippen LogP contribution in [-0.2, 0) is 0 Å². The Morgan fingerprint density at radius 1 is 1.45 bits per heavy atom. The number of rotatable bonds is 4. The molecule has 0 bridgehead atoms. The predicted molar refractivity (Wildman–Crippen MR) is 55.9 cm³/mol. The average molecular weight is 215 g/mol. The van der Waals surface area contributed by atoms with E-state index in [1.807, 2.05) is 11.1 Å². The molecule has 0 aliphatic carbocycles. The zero-order chi connectivity index (χ0) is 8.69. The molecule has 1 heteroatoms. The SMILES string of the molecule is C=C/C(=C/Br)CCC=C(C)C. The molecular weight excluding hydrogens is 200 g/mol.